The fourth-order valence-electron chi connectivity index (χ4n) is 8.14. The first-order valence-electron chi connectivity index (χ1n) is 11.7. The second-order valence-electron chi connectivity index (χ2n) is 10.7. The molecule has 5 unspecified atom stereocenters. The lowest BCUT2D eigenvalue weighted by Gasteiger charge is -2.57. The Morgan fingerprint density at radius 2 is 2.07 bits per heavy atom. The molecule has 5 aliphatic rings. The van der Waals surface area contributed by atoms with Crippen LogP contribution in [-0.4, -0.2) is 24.2 Å². The van der Waals surface area contributed by atoms with Gasteiger partial charge in [-0.3, -0.25) is 4.79 Å². The second kappa shape index (κ2) is 6.54. The van der Waals surface area contributed by atoms with Gasteiger partial charge in [0.05, 0.1) is 12.3 Å². The molecule has 0 aromatic carbocycles. The lowest BCUT2D eigenvalue weighted by atomic mass is 9.47. The van der Waals surface area contributed by atoms with Gasteiger partial charge in [-0.05, 0) is 98.5 Å². The van der Waals surface area contributed by atoms with Gasteiger partial charge in [-0.15, -0.1) is 0 Å². The quantitative estimate of drug-likeness (QED) is 0.663. The Morgan fingerprint density at radius 3 is 2.80 bits per heavy atom. The molecule has 0 bridgehead atoms. The highest BCUT2D eigenvalue weighted by atomic mass is 16.5. The van der Waals surface area contributed by atoms with Crippen molar-refractivity contribution in [2.24, 2.45) is 45.0 Å². The van der Waals surface area contributed by atoms with Crippen molar-refractivity contribution in [1.82, 2.24) is 5.43 Å². The van der Waals surface area contributed by atoms with Crippen molar-refractivity contribution in [1.29, 1.82) is 0 Å². The monoisotopic (exact) mass is 410 g/mol. The molecule has 0 saturated heterocycles. The standard InChI is InChI=1S/C25H34N2O3/c1-5-30-22(29)27-26-18-8-10-23(3)16(12-18)6-7-19-20(23)9-11-24(4)21(19)13-17-14-25(17,24)15(2)28/h6-7,12,17,19-21H,5,8-11,13-14H2,1-4H3,(H,27,29)/b26-18+/t17?,19?,20?,21?,23-,24-,25?/m0/s1. The summed E-state index contributed by atoms with van der Waals surface area (Å²) in [4.78, 5) is 24.2. The first-order valence-corrected chi connectivity index (χ1v) is 11.7. The molecule has 0 spiro atoms. The Kier molecular flexibility index (Phi) is 4.37. The highest BCUT2D eigenvalue weighted by Crippen LogP contribution is 2.80. The molecule has 1 N–H and O–H groups in total. The molecule has 5 nitrogen and oxygen atoms in total. The topological polar surface area (TPSA) is 67.8 Å². The average Bonchev–Trinajstić information content (AvgIpc) is 3.39. The van der Waals surface area contributed by atoms with Crippen molar-refractivity contribution in [2.45, 2.75) is 66.2 Å². The first-order chi connectivity index (χ1) is 14.3. The number of carbonyl (C=O) groups excluding carboxylic acids is 2. The number of hydrogen-bond acceptors (Lipinski definition) is 4. The summed E-state index contributed by atoms with van der Waals surface area (Å²) in [5.74, 6) is 2.91. The maximum absolute atomic E-state index is 12.6. The van der Waals surface area contributed by atoms with Crippen molar-refractivity contribution < 1.29 is 14.3 Å². The predicted molar refractivity (Wildman–Crippen MR) is 116 cm³/mol. The molecule has 0 heterocycles. The van der Waals surface area contributed by atoms with Crippen molar-refractivity contribution in [2.75, 3.05) is 6.61 Å². The van der Waals surface area contributed by atoms with Gasteiger partial charge < -0.3 is 4.74 Å². The summed E-state index contributed by atoms with van der Waals surface area (Å²) in [6.07, 6.45) is 13.1. The van der Waals surface area contributed by atoms with E-state index in [1.165, 1.54) is 24.8 Å². The molecule has 3 fully saturated rings. The lowest BCUT2D eigenvalue weighted by Crippen LogP contribution is -2.51. The summed E-state index contributed by atoms with van der Waals surface area (Å²) in [7, 11) is 0. The number of rotatable bonds is 3. The molecule has 5 heteroatoms. The predicted octanol–water partition coefficient (Wildman–Crippen LogP) is 5.03. The molecule has 7 atom stereocenters. The smallest absolute Gasteiger partial charge is 0.427 e. The van der Waals surface area contributed by atoms with Crippen molar-refractivity contribution >= 4 is 17.6 Å². The minimum atomic E-state index is -0.498. The van der Waals surface area contributed by atoms with Gasteiger partial charge in [-0.25, -0.2) is 10.2 Å². The van der Waals surface area contributed by atoms with Crippen LogP contribution in [0.25, 0.3) is 0 Å². The summed E-state index contributed by atoms with van der Waals surface area (Å²) in [5, 5.41) is 4.28. The van der Waals surface area contributed by atoms with Gasteiger partial charge in [0.25, 0.3) is 0 Å². The summed E-state index contributed by atoms with van der Waals surface area (Å²) in [6.45, 7) is 8.81. The number of ether oxygens (including phenoxy) is 1. The average molecular weight is 411 g/mol. The van der Waals surface area contributed by atoms with Crippen LogP contribution < -0.4 is 5.43 Å². The molecule has 1 amide bonds. The number of nitrogens with one attached hydrogen (secondary N) is 1. The van der Waals surface area contributed by atoms with E-state index < -0.39 is 6.09 Å². The Bertz CT molecular complexity index is 889. The third kappa shape index (κ3) is 2.50. The summed E-state index contributed by atoms with van der Waals surface area (Å²) in [6, 6.07) is 0. The Morgan fingerprint density at radius 1 is 1.27 bits per heavy atom. The van der Waals surface area contributed by atoms with Gasteiger partial charge in [0.1, 0.15) is 5.78 Å². The van der Waals surface area contributed by atoms with Gasteiger partial charge in [-0.2, -0.15) is 5.10 Å². The molecule has 30 heavy (non-hydrogen) atoms. The Labute approximate surface area is 179 Å². The van der Waals surface area contributed by atoms with Gasteiger partial charge in [0.15, 0.2) is 0 Å². The molecule has 0 aromatic heterocycles. The normalized spacial score (nSPS) is 46.8. The fourth-order valence-corrected chi connectivity index (χ4v) is 8.14. The van der Waals surface area contributed by atoms with E-state index in [9.17, 15) is 9.59 Å². The van der Waals surface area contributed by atoms with Crippen LogP contribution in [0, 0.1) is 39.9 Å². The van der Waals surface area contributed by atoms with Crippen molar-refractivity contribution in [3.05, 3.63) is 23.8 Å². The zero-order valence-electron chi connectivity index (χ0n) is 18.7. The summed E-state index contributed by atoms with van der Waals surface area (Å²) >= 11 is 0. The molecule has 3 saturated carbocycles. The van der Waals surface area contributed by atoms with Crippen LogP contribution in [0.5, 0.6) is 0 Å². The highest BCUT2D eigenvalue weighted by Gasteiger charge is 2.76. The van der Waals surface area contributed by atoms with Crippen LogP contribution in [0.15, 0.2) is 28.9 Å². The number of nitrogens with zero attached hydrogens (tertiary/aromatic N) is 1. The fraction of sp³-hybridized carbons (Fsp3) is 0.720. The van der Waals surface area contributed by atoms with Gasteiger partial charge in [0, 0.05) is 5.41 Å². The minimum absolute atomic E-state index is 0.0152. The lowest BCUT2D eigenvalue weighted by molar-refractivity contribution is -0.130. The van der Waals surface area contributed by atoms with E-state index >= 15 is 0 Å². The zero-order chi connectivity index (χ0) is 21.3. The van der Waals surface area contributed by atoms with E-state index in [1.54, 1.807) is 6.92 Å². The number of carbonyl (C=O) groups is 2. The van der Waals surface area contributed by atoms with Crippen LogP contribution in [0.3, 0.4) is 0 Å². The van der Waals surface area contributed by atoms with Crippen LogP contribution in [-0.2, 0) is 9.53 Å². The van der Waals surface area contributed by atoms with Gasteiger partial charge >= 0.3 is 6.09 Å². The largest absolute Gasteiger partial charge is 0.449 e. The van der Waals surface area contributed by atoms with E-state index in [0.717, 1.165) is 25.0 Å². The molecule has 5 rings (SSSR count). The maximum atomic E-state index is 12.6. The number of fused-ring (bicyclic) bond motifs is 7. The molecule has 162 valence electrons. The zero-order valence-corrected chi connectivity index (χ0v) is 18.7. The Balaban J connectivity index is 1.41. The Hall–Kier alpha value is -1.91. The second-order valence-corrected chi connectivity index (χ2v) is 10.7. The minimum Gasteiger partial charge on any atom is -0.449 e. The third-order valence-electron chi connectivity index (χ3n) is 9.78. The third-order valence-corrected chi connectivity index (χ3v) is 9.78. The van der Waals surface area contributed by atoms with Gasteiger partial charge in [0.2, 0.25) is 0 Å². The number of hydrazone groups is 1. The molecular weight excluding hydrogens is 376 g/mol. The van der Waals surface area contributed by atoms with Crippen molar-refractivity contribution in [3.63, 3.8) is 0 Å². The number of Topliss-reactive ketones (excluding diaryl/α,β-unsaturated/α-hetero) is 1. The summed E-state index contributed by atoms with van der Waals surface area (Å²) in [5.41, 5.74) is 5.07. The van der Waals surface area contributed by atoms with E-state index in [2.05, 4.69) is 42.6 Å². The number of amides is 1. The molecule has 0 aliphatic heterocycles. The molecule has 5 aliphatic carbocycles. The number of allylic oxidation sites excluding steroid dienone is 4. The van der Waals surface area contributed by atoms with Crippen LogP contribution in [0.2, 0.25) is 0 Å². The molecule has 0 aromatic rings. The van der Waals surface area contributed by atoms with Gasteiger partial charge in [-0.1, -0.05) is 26.0 Å². The van der Waals surface area contributed by atoms with Crippen LogP contribution in [0.4, 0.5) is 4.79 Å². The van der Waals surface area contributed by atoms with E-state index in [0.29, 0.717) is 36.1 Å². The first kappa shape index (κ1) is 20.0. The molecule has 0 radical (unpaired) electrons. The van der Waals surface area contributed by atoms with E-state index in [1.807, 2.05) is 6.92 Å². The SMILES string of the molecule is CCOC(=O)N/N=C1/C=C2C=CC3C(CC[C@@]4(C)C3CC3CC34C(C)=O)[C@@]2(C)CC1. The van der Waals surface area contributed by atoms with Crippen LogP contribution >= 0.6 is 0 Å². The molecular formula is C25H34N2O3. The highest BCUT2D eigenvalue weighted by molar-refractivity contribution is 5.97. The number of hydrogen-bond donors (Lipinski definition) is 1. The summed E-state index contributed by atoms with van der Waals surface area (Å²) < 4.78 is 4.90. The van der Waals surface area contributed by atoms with E-state index in [-0.39, 0.29) is 16.2 Å². The van der Waals surface area contributed by atoms with Crippen LogP contribution in [0.1, 0.15) is 66.2 Å². The maximum Gasteiger partial charge on any atom is 0.427 e. The van der Waals surface area contributed by atoms with E-state index in [4.69, 9.17) is 4.74 Å². The van der Waals surface area contributed by atoms with Crippen molar-refractivity contribution in [3.8, 4) is 0 Å². The number of ketones is 1.